The fourth-order valence-electron chi connectivity index (χ4n) is 2.96. The number of alkyl halides is 1. The lowest BCUT2D eigenvalue weighted by atomic mass is 9.89. The molecule has 0 bridgehead atoms. The number of piperidine rings is 1. The van der Waals surface area contributed by atoms with Crippen molar-refractivity contribution in [3.63, 3.8) is 0 Å². The van der Waals surface area contributed by atoms with E-state index in [0.717, 1.165) is 0 Å². The van der Waals surface area contributed by atoms with Gasteiger partial charge in [-0.25, -0.2) is 4.39 Å². The summed E-state index contributed by atoms with van der Waals surface area (Å²) in [7, 11) is 0. The summed E-state index contributed by atoms with van der Waals surface area (Å²) in [4.78, 5) is 18.4. The van der Waals surface area contributed by atoms with E-state index >= 15 is 4.39 Å². The van der Waals surface area contributed by atoms with Crippen LogP contribution in [0, 0.1) is 6.92 Å². The normalized spacial score (nSPS) is 19.0. The molecule has 3 heterocycles. The monoisotopic (exact) mass is 332 g/mol. The van der Waals surface area contributed by atoms with Gasteiger partial charge in [0.25, 0.3) is 0 Å². The first-order valence-electron chi connectivity index (χ1n) is 8.07. The molecule has 1 aliphatic rings. The number of hydrogen-bond donors (Lipinski definition) is 1. The van der Waals surface area contributed by atoms with Gasteiger partial charge in [-0.15, -0.1) is 0 Å². The van der Waals surface area contributed by atoms with Crippen molar-refractivity contribution in [1.29, 1.82) is 0 Å². The fourth-order valence-corrected chi connectivity index (χ4v) is 2.96. The number of nitrogens with one attached hydrogen (secondary N) is 1. The lowest BCUT2D eigenvalue weighted by molar-refractivity contribution is -0.122. The minimum absolute atomic E-state index is 0.185. The van der Waals surface area contributed by atoms with Crippen molar-refractivity contribution >= 4 is 11.8 Å². The van der Waals surface area contributed by atoms with E-state index < -0.39 is 5.67 Å². The summed E-state index contributed by atoms with van der Waals surface area (Å²) in [6.45, 7) is 4.59. The topological polar surface area (TPSA) is 71.3 Å². The molecule has 2 aromatic heterocycles. The Morgan fingerprint density at radius 3 is 2.75 bits per heavy atom. The van der Waals surface area contributed by atoms with Crippen LogP contribution in [-0.4, -0.2) is 40.1 Å². The predicted octanol–water partition coefficient (Wildman–Crippen LogP) is 2.67. The quantitative estimate of drug-likeness (QED) is 0.932. The molecule has 0 aliphatic carbocycles. The van der Waals surface area contributed by atoms with Crippen LogP contribution in [0.25, 0.3) is 0 Å². The molecule has 1 amide bonds. The van der Waals surface area contributed by atoms with Crippen LogP contribution in [0.2, 0.25) is 0 Å². The smallest absolute Gasteiger partial charge is 0.243 e. The molecule has 0 radical (unpaired) electrons. The number of rotatable bonds is 4. The standard InChI is InChI=1S/C17H21FN4O2/c1-12-11-15(24-21-12)20-16(23)13(2)22-9-6-17(18,7-10-22)14-5-3-4-8-19-14/h3-5,8,11,13H,6-7,9-10H2,1-2H3,(H,20,23)/t13-/m0/s1. The van der Waals surface area contributed by atoms with Crippen LogP contribution in [0.3, 0.4) is 0 Å². The summed E-state index contributed by atoms with van der Waals surface area (Å²) >= 11 is 0. The summed E-state index contributed by atoms with van der Waals surface area (Å²) in [5, 5.41) is 6.43. The summed E-state index contributed by atoms with van der Waals surface area (Å²) < 4.78 is 20.1. The SMILES string of the molecule is Cc1cc(NC(=O)[C@H](C)N2CCC(F)(c3ccccn3)CC2)on1. The molecule has 3 rings (SSSR count). The number of anilines is 1. The molecule has 0 saturated carbocycles. The van der Waals surface area contributed by atoms with Gasteiger partial charge in [0.1, 0.15) is 0 Å². The molecule has 2 aromatic rings. The van der Waals surface area contributed by atoms with E-state index in [9.17, 15) is 4.79 Å². The first-order valence-corrected chi connectivity index (χ1v) is 8.07. The maximum atomic E-state index is 15.1. The van der Waals surface area contributed by atoms with Gasteiger partial charge in [0, 0.05) is 25.4 Å². The van der Waals surface area contributed by atoms with Crippen LogP contribution in [0.15, 0.2) is 35.0 Å². The van der Waals surface area contributed by atoms with Crippen LogP contribution in [0.1, 0.15) is 31.2 Å². The van der Waals surface area contributed by atoms with Crippen LogP contribution in [-0.2, 0) is 10.5 Å². The van der Waals surface area contributed by atoms with Crippen molar-refractivity contribution in [2.45, 2.75) is 38.4 Å². The number of pyridine rings is 1. The molecule has 0 unspecified atom stereocenters. The van der Waals surface area contributed by atoms with Crippen LogP contribution >= 0.6 is 0 Å². The Kier molecular flexibility index (Phi) is 4.62. The summed E-state index contributed by atoms with van der Waals surface area (Å²) in [5.41, 5.74) is -0.247. The number of carbonyl (C=O) groups excluding carboxylic acids is 1. The largest absolute Gasteiger partial charge is 0.338 e. The van der Waals surface area contributed by atoms with Gasteiger partial charge in [-0.2, -0.15) is 0 Å². The number of nitrogens with zero attached hydrogens (tertiary/aromatic N) is 3. The molecule has 0 aromatic carbocycles. The Balaban J connectivity index is 1.58. The second-order valence-electron chi connectivity index (χ2n) is 6.21. The number of carbonyl (C=O) groups is 1. The van der Waals surface area contributed by atoms with Crippen LogP contribution < -0.4 is 5.32 Å². The third-order valence-electron chi connectivity index (χ3n) is 4.52. The summed E-state index contributed by atoms with van der Waals surface area (Å²) in [6.07, 6.45) is 2.25. The van der Waals surface area contributed by atoms with Crippen molar-refractivity contribution in [3.8, 4) is 0 Å². The highest BCUT2D eigenvalue weighted by atomic mass is 19.1. The van der Waals surface area contributed by atoms with Gasteiger partial charge < -0.3 is 4.52 Å². The molecule has 128 valence electrons. The Bertz CT molecular complexity index is 696. The maximum absolute atomic E-state index is 15.1. The number of hydrogen-bond acceptors (Lipinski definition) is 5. The molecule has 1 saturated heterocycles. The highest BCUT2D eigenvalue weighted by Crippen LogP contribution is 2.36. The fraction of sp³-hybridized carbons (Fsp3) is 0.471. The van der Waals surface area contributed by atoms with E-state index in [0.29, 0.717) is 43.2 Å². The average molecular weight is 332 g/mol. The molecule has 24 heavy (non-hydrogen) atoms. The van der Waals surface area contributed by atoms with E-state index in [1.807, 2.05) is 11.8 Å². The first-order chi connectivity index (χ1) is 11.5. The molecule has 0 spiro atoms. The number of aromatic nitrogens is 2. The van der Waals surface area contributed by atoms with Gasteiger partial charge in [-0.05, 0) is 38.8 Å². The number of halogens is 1. The predicted molar refractivity (Wildman–Crippen MR) is 87.2 cm³/mol. The third kappa shape index (κ3) is 3.46. The lowest BCUT2D eigenvalue weighted by Crippen LogP contribution is -2.49. The van der Waals surface area contributed by atoms with Gasteiger partial charge in [0.05, 0.1) is 17.4 Å². The van der Waals surface area contributed by atoms with Crippen molar-refractivity contribution in [1.82, 2.24) is 15.0 Å². The maximum Gasteiger partial charge on any atom is 0.243 e. The Morgan fingerprint density at radius 1 is 1.42 bits per heavy atom. The molecule has 7 heteroatoms. The Morgan fingerprint density at radius 2 is 2.17 bits per heavy atom. The van der Waals surface area contributed by atoms with E-state index in [2.05, 4.69) is 15.5 Å². The van der Waals surface area contributed by atoms with Gasteiger partial charge in [0.15, 0.2) is 5.67 Å². The molecule has 1 N–H and O–H groups in total. The molecular formula is C17H21FN4O2. The number of likely N-dealkylation sites (tertiary alicyclic amines) is 1. The second kappa shape index (κ2) is 6.68. The number of amides is 1. The number of aryl methyl sites for hydroxylation is 1. The van der Waals surface area contributed by atoms with E-state index in [1.54, 1.807) is 37.4 Å². The molecule has 1 aliphatic heterocycles. The highest BCUT2D eigenvalue weighted by molar-refractivity contribution is 5.93. The average Bonchev–Trinajstić information content (AvgIpc) is 3.00. The van der Waals surface area contributed by atoms with Crippen LogP contribution in [0.4, 0.5) is 10.3 Å². The van der Waals surface area contributed by atoms with Crippen molar-refractivity contribution in [2.75, 3.05) is 18.4 Å². The molecular weight excluding hydrogens is 311 g/mol. The zero-order chi connectivity index (χ0) is 17.2. The van der Waals surface area contributed by atoms with E-state index in [-0.39, 0.29) is 11.9 Å². The van der Waals surface area contributed by atoms with Gasteiger partial charge in [0.2, 0.25) is 11.8 Å². The van der Waals surface area contributed by atoms with Gasteiger partial charge in [-0.1, -0.05) is 11.2 Å². The van der Waals surface area contributed by atoms with Gasteiger partial charge in [-0.3, -0.25) is 20.0 Å². The summed E-state index contributed by atoms with van der Waals surface area (Å²) in [5.74, 6) is 0.144. The Labute approximate surface area is 140 Å². The molecule has 1 fully saturated rings. The first kappa shape index (κ1) is 16.6. The zero-order valence-electron chi connectivity index (χ0n) is 13.8. The lowest BCUT2D eigenvalue weighted by Gasteiger charge is -2.38. The molecule has 6 nitrogen and oxygen atoms in total. The molecule has 1 atom stereocenters. The van der Waals surface area contributed by atoms with Crippen molar-refractivity contribution in [3.05, 3.63) is 41.9 Å². The minimum atomic E-state index is -1.42. The van der Waals surface area contributed by atoms with E-state index in [1.165, 1.54) is 0 Å². The summed E-state index contributed by atoms with van der Waals surface area (Å²) in [6, 6.07) is 6.58. The van der Waals surface area contributed by atoms with Crippen molar-refractivity contribution < 1.29 is 13.7 Å². The van der Waals surface area contributed by atoms with Gasteiger partial charge >= 0.3 is 0 Å². The van der Waals surface area contributed by atoms with E-state index in [4.69, 9.17) is 4.52 Å². The zero-order valence-corrected chi connectivity index (χ0v) is 13.8. The third-order valence-corrected chi connectivity index (χ3v) is 4.52. The van der Waals surface area contributed by atoms with Crippen molar-refractivity contribution in [2.24, 2.45) is 0 Å². The Hall–Kier alpha value is -2.28. The second-order valence-corrected chi connectivity index (χ2v) is 6.21. The highest BCUT2D eigenvalue weighted by Gasteiger charge is 2.39. The van der Waals surface area contributed by atoms with Crippen LogP contribution in [0.5, 0.6) is 0 Å². The minimum Gasteiger partial charge on any atom is -0.338 e.